The predicted octanol–water partition coefficient (Wildman–Crippen LogP) is 0.663. The van der Waals surface area contributed by atoms with Gasteiger partial charge in [-0.05, 0) is 24.6 Å². The van der Waals surface area contributed by atoms with Crippen LogP contribution in [0.3, 0.4) is 0 Å². The van der Waals surface area contributed by atoms with Crippen LogP contribution < -0.4 is 5.32 Å². The highest BCUT2D eigenvalue weighted by Gasteiger charge is 2.24. The van der Waals surface area contributed by atoms with Crippen LogP contribution in [0, 0.1) is 0 Å². The summed E-state index contributed by atoms with van der Waals surface area (Å²) in [6, 6.07) is 6.53. The van der Waals surface area contributed by atoms with Crippen LogP contribution in [0.15, 0.2) is 24.3 Å². The van der Waals surface area contributed by atoms with Crippen LogP contribution in [0.1, 0.15) is 16.8 Å². The first kappa shape index (κ1) is 13.8. The number of aliphatic hydroxyl groups is 1. The minimum absolute atomic E-state index is 0.0714. The van der Waals surface area contributed by atoms with E-state index in [1.165, 1.54) is 0 Å². The second-order valence-corrected chi connectivity index (χ2v) is 4.91. The van der Waals surface area contributed by atoms with Gasteiger partial charge in [0.15, 0.2) is 0 Å². The number of carbonyl (C=O) groups excluding carboxylic acids is 2. The van der Waals surface area contributed by atoms with Gasteiger partial charge < -0.3 is 15.3 Å². The highest BCUT2D eigenvalue weighted by atomic mass is 35.5. The molecular weight excluding hydrogens is 268 g/mol. The first-order valence-corrected chi connectivity index (χ1v) is 6.43. The largest absolute Gasteiger partial charge is 0.391 e. The molecule has 1 atom stereocenters. The maximum atomic E-state index is 11.8. The summed E-state index contributed by atoms with van der Waals surface area (Å²) in [6.45, 7) is 0.803. The van der Waals surface area contributed by atoms with Crippen LogP contribution in [0.25, 0.3) is 0 Å². The molecule has 0 aromatic heterocycles. The molecule has 0 radical (unpaired) electrons. The van der Waals surface area contributed by atoms with Crippen molar-refractivity contribution in [3.8, 4) is 0 Å². The van der Waals surface area contributed by atoms with E-state index in [4.69, 9.17) is 11.6 Å². The van der Waals surface area contributed by atoms with E-state index in [0.717, 1.165) is 0 Å². The Labute approximate surface area is 116 Å². The van der Waals surface area contributed by atoms with Crippen LogP contribution in [0.2, 0.25) is 5.02 Å². The first-order valence-electron chi connectivity index (χ1n) is 6.06. The number of β-amino-alcohol motifs (C(OH)–C–C–N with tert-alkyl or cyclic N) is 1. The number of aliphatic hydroxyl groups excluding tert-OH is 1. The molecule has 1 aromatic carbocycles. The van der Waals surface area contributed by atoms with Crippen molar-refractivity contribution < 1.29 is 14.7 Å². The van der Waals surface area contributed by atoms with E-state index < -0.39 is 6.10 Å². The molecule has 1 aliphatic heterocycles. The lowest BCUT2D eigenvalue weighted by Crippen LogP contribution is -2.39. The van der Waals surface area contributed by atoms with Gasteiger partial charge in [-0.15, -0.1) is 0 Å². The van der Waals surface area contributed by atoms with Gasteiger partial charge in [0.05, 0.1) is 12.6 Å². The van der Waals surface area contributed by atoms with E-state index in [-0.39, 0.29) is 18.4 Å². The molecular formula is C13H15ClN2O3. The molecule has 2 N–H and O–H groups in total. The standard InChI is InChI=1S/C13H15ClN2O3/c14-10-3-1-2-9(6-10)13(19)15-7-12(18)16-5-4-11(17)8-16/h1-3,6,11,17H,4-5,7-8H2,(H,15,19)/t11-/m0/s1. The molecule has 1 aliphatic rings. The van der Waals surface area contributed by atoms with E-state index in [1.54, 1.807) is 29.2 Å². The molecule has 1 heterocycles. The molecule has 1 aromatic rings. The summed E-state index contributed by atoms with van der Waals surface area (Å²) >= 11 is 5.79. The Morgan fingerprint density at radius 1 is 1.47 bits per heavy atom. The SMILES string of the molecule is O=C(NCC(=O)N1CC[C@H](O)C1)c1cccc(Cl)c1. The Morgan fingerprint density at radius 2 is 2.26 bits per heavy atom. The van der Waals surface area contributed by atoms with Gasteiger partial charge in [-0.1, -0.05) is 17.7 Å². The minimum atomic E-state index is -0.451. The second-order valence-electron chi connectivity index (χ2n) is 4.48. The monoisotopic (exact) mass is 282 g/mol. The zero-order valence-electron chi connectivity index (χ0n) is 10.3. The van der Waals surface area contributed by atoms with E-state index in [0.29, 0.717) is 30.1 Å². The third-order valence-corrected chi connectivity index (χ3v) is 3.24. The maximum absolute atomic E-state index is 11.8. The van der Waals surface area contributed by atoms with Gasteiger partial charge in [0, 0.05) is 23.7 Å². The zero-order chi connectivity index (χ0) is 13.8. The third-order valence-electron chi connectivity index (χ3n) is 3.00. The number of hydrogen-bond acceptors (Lipinski definition) is 3. The van der Waals surface area contributed by atoms with Crippen molar-refractivity contribution in [2.75, 3.05) is 19.6 Å². The van der Waals surface area contributed by atoms with E-state index in [9.17, 15) is 14.7 Å². The fourth-order valence-corrected chi connectivity index (χ4v) is 2.16. The molecule has 0 aliphatic carbocycles. The summed E-state index contributed by atoms with van der Waals surface area (Å²) in [5, 5.41) is 12.4. The Morgan fingerprint density at radius 3 is 2.89 bits per heavy atom. The van der Waals surface area contributed by atoms with Crippen LogP contribution in [-0.4, -0.2) is 47.6 Å². The molecule has 0 spiro atoms. The van der Waals surface area contributed by atoms with Gasteiger partial charge >= 0.3 is 0 Å². The van der Waals surface area contributed by atoms with Crippen molar-refractivity contribution in [2.24, 2.45) is 0 Å². The molecule has 19 heavy (non-hydrogen) atoms. The van der Waals surface area contributed by atoms with Gasteiger partial charge in [0.1, 0.15) is 0 Å². The lowest BCUT2D eigenvalue weighted by atomic mass is 10.2. The predicted molar refractivity (Wildman–Crippen MR) is 71.0 cm³/mol. The normalized spacial score (nSPS) is 18.4. The van der Waals surface area contributed by atoms with Crippen LogP contribution in [-0.2, 0) is 4.79 Å². The molecule has 0 bridgehead atoms. The van der Waals surface area contributed by atoms with E-state index in [2.05, 4.69) is 5.32 Å². The Bertz CT molecular complexity index is 493. The molecule has 0 saturated carbocycles. The van der Waals surface area contributed by atoms with Gasteiger partial charge in [-0.2, -0.15) is 0 Å². The topological polar surface area (TPSA) is 69.6 Å². The molecule has 5 nitrogen and oxygen atoms in total. The summed E-state index contributed by atoms with van der Waals surface area (Å²) in [5.74, 6) is -0.525. The van der Waals surface area contributed by atoms with Crippen molar-refractivity contribution >= 4 is 23.4 Å². The van der Waals surface area contributed by atoms with Crippen LogP contribution >= 0.6 is 11.6 Å². The van der Waals surface area contributed by atoms with Crippen molar-refractivity contribution in [3.05, 3.63) is 34.9 Å². The van der Waals surface area contributed by atoms with Crippen LogP contribution in [0.5, 0.6) is 0 Å². The number of carbonyl (C=O) groups is 2. The average molecular weight is 283 g/mol. The van der Waals surface area contributed by atoms with E-state index in [1.807, 2.05) is 0 Å². The van der Waals surface area contributed by atoms with Crippen molar-refractivity contribution in [3.63, 3.8) is 0 Å². The molecule has 2 amide bonds. The average Bonchev–Trinajstić information content (AvgIpc) is 2.82. The highest BCUT2D eigenvalue weighted by molar-refractivity contribution is 6.30. The summed E-state index contributed by atoms with van der Waals surface area (Å²) in [7, 11) is 0. The number of hydrogen-bond donors (Lipinski definition) is 2. The summed E-state index contributed by atoms with van der Waals surface area (Å²) in [4.78, 5) is 25.1. The zero-order valence-corrected chi connectivity index (χ0v) is 11.1. The Balaban J connectivity index is 1.85. The lowest BCUT2D eigenvalue weighted by molar-refractivity contribution is -0.129. The number of likely N-dealkylation sites (tertiary alicyclic amines) is 1. The smallest absolute Gasteiger partial charge is 0.251 e. The maximum Gasteiger partial charge on any atom is 0.251 e. The summed E-state index contributed by atoms with van der Waals surface area (Å²) < 4.78 is 0. The quantitative estimate of drug-likeness (QED) is 0.856. The fraction of sp³-hybridized carbons (Fsp3) is 0.385. The second kappa shape index (κ2) is 6.04. The van der Waals surface area contributed by atoms with Crippen molar-refractivity contribution in [2.45, 2.75) is 12.5 Å². The molecule has 6 heteroatoms. The van der Waals surface area contributed by atoms with Gasteiger partial charge in [-0.3, -0.25) is 9.59 Å². The van der Waals surface area contributed by atoms with E-state index >= 15 is 0 Å². The first-order chi connectivity index (χ1) is 9.06. The number of amides is 2. The molecule has 1 fully saturated rings. The Kier molecular flexibility index (Phi) is 4.39. The fourth-order valence-electron chi connectivity index (χ4n) is 1.97. The number of rotatable bonds is 3. The summed E-state index contributed by atoms with van der Waals surface area (Å²) in [5.41, 5.74) is 0.418. The number of nitrogens with one attached hydrogen (secondary N) is 1. The number of halogens is 1. The van der Waals surface area contributed by atoms with Gasteiger partial charge in [-0.25, -0.2) is 0 Å². The molecule has 0 unspecified atom stereocenters. The lowest BCUT2D eigenvalue weighted by Gasteiger charge is -2.15. The Hall–Kier alpha value is -1.59. The summed E-state index contributed by atoms with van der Waals surface area (Å²) in [6.07, 6.45) is 0.140. The number of nitrogens with zero attached hydrogens (tertiary/aromatic N) is 1. The van der Waals surface area contributed by atoms with Crippen molar-refractivity contribution in [1.29, 1.82) is 0 Å². The molecule has 102 valence electrons. The number of benzene rings is 1. The van der Waals surface area contributed by atoms with Crippen molar-refractivity contribution in [1.82, 2.24) is 10.2 Å². The minimum Gasteiger partial charge on any atom is -0.391 e. The van der Waals surface area contributed by atoms with Gasteiger partial charge in [0.2, 0.25) is 5.91 Å². The highest BCUT2D eigenvalue weighted by Crippen LogP contribution is 2.11. The molecule has 2 rings (SSSR count). The third kappa shape index (κ3) is 3.68. The van der Waals surface area contributed by atoms with Crippen LogP contribution in [0.4, 0.5) is 0 Å². The molecule has 1 saturated heterocycles. The van der Waals surface area contributed by atoms with Gasteiger partial charge in [0.25, 0.3) is 5.91 Å².